The molecule has 0 radical (unpaired) electrons. The molecule has 2 amide bonds. The summed E-state index contributed by atoms with van der Waals surface area (Å²) in [7, 11) is 0. The summed E-state index contributed by atoms with van der Waals surface area (Å²) in [4.78, 5) is 12.1. The van der Waals surface area contributed by atoms with Crippen LogP contribution in [0.25, 0.3) is 0 Å². The number of carbonyl (C=O) groups excluding carboxylic acids is 1. The lowest BCUT2D eigenvalue weighted by molar-refractivity contribution is -0.274. The van der Waals surface area contributed by atoms with Crippen LogP contribution in [0.15, 0.2) is 48.5 Å². The van der Waals surface area contributed by atoms with Crippen molar-refractivity contribution in [2.24, 2.45) is 0 Å². The molecule has 0 aliphatic heterocycles. The van der Waals surface area contributed by atoms with E-state index in [-0.39, 0.29) is 17.8 Å². The highest BCUT2D eigenvalue weighted by Crippen LogP contribution is 2.51. The Morgan fingerprint density at radius 1 is 0.966 bits per heavy atom. The molecule has 1 aliphatic rings. The third kappa shape index (κ3) is 5.33. The fourth-order valence-electron chi connectivity index (χ4n) is 3.05. The van der Waals surface area contributed by atoms with Crippen LogP contribution in [0.5, 0.6) is 5.75 Å². The van der Waals surface area contributed by atoms with E-state index in [1.807, 2.05) is 0 Å². The van der Waals surface area contributed by atoms with Crippen LogP contribution in [0.2, 0.25) is 0 Å². The lowest BCUT2D eigenvalue weighted by Crippen LogP contribution is -2.36. The highest BCUT2D eigenvalue weighted by Gasteiger charge is 2.49. The number of carbonyl (C=O) groups is 1. The monoisotopic (exact) mass is 418 g/mol. The number of amides is 2. The van der Waals surface area contributed by atoms with Crippen molar-refractivity contribution in [3.63, 3.8) is 0 Å². The molecular weight excluding hydrogens is 402 g/mol. The Hall–Kier alpha value is -2.91. The van der Waals surface area contributed by atoms with Crippen LogP contribution in [0.3, 0.4) is 0 Å². The molecule has 2 aromatic carbocycles. The normalized spacial score (nSPS) is 15.5. The molecule has 2 aromatic rings. The molecule has 4 nitrogen and oxygen atoms in total. The van der Waals surface area contributed by atoms with E-state index in [1.54, 1.807) is 0 Å². The van der Waals surface area contributed by atoms with Crippen molar-refractivity contribution >= 4 is 11.7 Å². The zero-order valence-electron chi connectivity index (χ0n) is 14.8. The van der Waals surface area contributed by atoms with E-state index in [4.69, 9.17) is 0 Å². The number of anilines is 1. The Balaban J connectivity index is 1.60. The molecule has 3 rings (SSSR count). The molecule has 29 heavy (non-hydrogen) atoms. The van der Waals surface area contributed by atoms with Crippen molar-refractivity contribution in [2.45, 2.75) is 30.8 Å². The minimum atomic E-state index is -4.82. The van der Waals surface area contributed by atoms with Crippen LogP contribution in [-0.2, 0) is 11.6 Å². The van der Waals surface area contributed by atoms with E-state index in [2.05, 4.69) is 15.4 Å². The first kappa shape index (κ1) is 20.8. The van der Waals surface area contributed by atoms with Gasteiger partial charge in [0.2, 0.25) is 0 Å². The maximum absolute atomic E-state index is 13.2. The van der Waals surface area contributed by atoms with Gasteiger partial charge < -0.3 is 15.4 Å². The SMILES string of the molecule is O=C(NCC1(c2ccccc2C(F)(F)F)CC1)Nc1ccc(OC(F)(F)F)cc1. The summed E-state index contributed by atoms with van der Waals surface area (Å²) in [5.41, 5.74) is -1.16. The predicted molar refractivity (Wildman–Crippen MR) is 92.5 cm³/mol. The maximum atomic E-state index is 13.2. The minimum absolute atomic E-state index is 0.00119. The van der Waals surface area contributed by atoms with Crippen LogP contribution in [0.4, 0.5) is 36.8 Å². The van der Waals surface area contributed by atoms with Gasteiger partial charge in [0.1, 0.15) is 5.75 Å². The molecule has 0 heterocycles. The van der Waals surface area contributed by atoms with Crippen molar-refractivity contribution in [3.8, 4) is 5.75 Å². The molecule has 1 fully saturated rings. The zero-order valence-corrected chi connectivity index (χ0v) is 14.8. The topological polar surface area (TPSA) is 50.4 Å². The Morgan fingerprint density at radius 3 is 2.14 bits per heavy atom. The van der Waals surface area contributed by atoms with E-state index in [9.17, 15) is 31.1 Å². The number of hydrogen-bond acceptors (Lipinski definition) is 2. The Bertz CT molecular complexity index is 874. The Labute approximate surface area is 161 Å². The second-order valence-electron chi connectivity index (χ2n) is 6.70. The quantitative estimate of drug-likeness (QED) is 0.634. The molecule has 0 bridgehead atoms. The van der Waals surface area contributed by atoms with E-state index < -0.39 is 35.3 Å². The van der Waals surface area contributed by atoms with Crippen LogP contribution < -0.4 is 15.4 Å². The summed E-state index contributed by atoms with van der Waals surface area (Å²) in [6.45, 7) is 0.00119. The average Bonchev–Trinajstić information content (AvgIpc) is 3.41. The van der Waals surface area contributed by atoms with Gasteiger partial charge in [-0.1, -0.05) is 18.2 Å². The van der Waals surface area contributed by atoms with Gasteiger partial charge in [0.25, 0.3) is 0 Å². The van der Waals surface area contributed by atoms with Gasteiger partial charge in [-0.05, 0) is 48.7 Å². The van der Waals surface area contributed by atoms with Crippen LogP contribution in [0.1, 0.15) is 24.0 Å². The van der Waals surface area contributed by atoms with Gasteiger partial charge in [0.15, 0.2) is 0 Å². The molecular formula is C19H16F6N2O2. The molecule has 2 N–H and O–H groups in total. The summed E-state index contributed by atoms with van der Waals surface area (Å²) in [6, 6.07) is 9.08. The standard InChI is InChI=1S/C19H16F6N2O2/c20-18(21,22)15-4-2-1-3-14(15)17(9-10-17)11-26-16(28)27-12-5-7-13(8-6-12)29-19(23,24)25/h1-8H,9-11H2,(H2,26,27,28). The predicted octanol–water partition coefficient (Wildman–Crippen LogP) is 5.46. The number of hydrogen-bond donors (Lipinski definition) is 2. The highest BCUT2D eigenvalue weighted by molar-refractivity contribution is 5.89. The number of urea groups is 1. The van der Waals surface area contributed by atoms with Crippen LogP contribution >= 0.6 is 0 Å². The van der Waals surface area contributed by atoms with Crippen molar-refractivity contribution in [2.75, 3.05) is 11.9 Å². The summed E-state index contributed by atoms with van der Waals surface area (Å²) in [5.74, 6) is -0.441. The van der Waals surface area contributed by atoms with Crippen molar-refractivity contribution in [1.82, 2.24) is 5.32 Å². The van der Waals surface area contributed by atoms with Gasteiger partial charge >= 0.3 is 18.6 Å². The molecule has 1 saturated carbocycles. The smallest absolute Gasteiger partial charge is 0.406 e. The fourth-order valence-corrected chi connectivity index (χ4v) is 3.05. The van der Waals surface area contributed by atoms with Gasteiger partial charge in [-0.2, -0.15) is 13.2 Å². The van der Waals surface area contributed by atoms with Crippen molar-refractivity contribution < 1.29 is 35.9 Å². The maximum Gasteiger partial charge on any atom is 0.573 e. The summed E-state index contributed by atoms with van der Waals surface area (Å²) >= 11 is 0. The van der Waals surface area contributed by atoms with Gasteiger partial charge in [0.05, 0.1) is 5.56 Å². The summed E-state index contributed by atoms with van der Waals surface area (Å²) < 4.78 is 79.9. The molecule has 0 aromatic heterocycles. The molecule has 0 saturated heterocycles. The van der Waals surface area contributed by atoms with E-state index in [0.717, 1.165) is 18.2 Å². The van der Waals surface area contributed by atoms with E-state index in [0.29, 0.717) is 12.8 Å². The zero-order chi connectivity index (χ0) is 21.3. The number of benzene rings is 2. The molecule has 10 heteroatoms. The number of nitrogens with one attached hydrogen (secondary N) is 2. The first-order chi connectivity index (χ1) is 13.5. The summed E-state index contributed by atoms with van der Waals surface area (Å²) in [6.07, 6.45) is -8.31. The first-order valence-electron chi connectivity index (χ1n) is 8.56. The Morgan fingerprint density at radius 2 is 1.59 bits per heavy atom. The molecule has 0 spiro atoms. The first-order valence-corrected chi connectivity index (χ1v) is 8.56. The third-order valence-corrected chi connectivity index (χ3v) is 4.59. The lowest BCUT2D eigenvalue weighted by Gasteiger charge is -2.21. The molecule has 0 atom stereocenters. The summed E-state index contributed by atoms with van der Waals surface area (Å²) in [5, 5.41) is 4.95. The molecule has 0 unspecified atom stereocenters. The van der Waals surface area contributed by atoms with Gasteiger partial charge in [0, 0.05) is 17.6 Å². The second-order valence-corrected chi connectivity index (χ2v) is 6.70. The van der Waals surface area contributed by atoms with Crippen molar-refractivity contribution in [3.05, 3.63) is 59.7 Å². The lowest BCUT2D eigenvalue weighted by atomic mass is 9.91. The number of rotatable bonds is 5. The van der Waals surface area contributed by atoms with Gasteiger partial charge in [-0.15, -0.1) is 13.2 Å². The van der Waals surface area contributed by atoms with Gasteiger partial charge in [-0.3, -0.25) is 0 Å². The minimum Gasteiger partial charge on any atom is -0.406 e. The Kier molecular flexibility index (Phi) is 5.38. The van der Waals surface area contributed by atoms with Crippen LogP contribution in [-0.4, -0.2) is 18.9 Å². The molecule has 1 aliphatic carbocycles. The third-order valence-electron chi connectivity index (χ3n) is 4.59. The largest absolute Gasteiger partial charge is 0.573 e. The fraction of sp³-hybridized carbons (Fsp3) is 0.316. The second kappa shape index (κ2) is 7.49. The average molecular weight is 418 g/mol. The van der Waals surface area contributed by atoms with E-state index in [1.165, 1.54) is 30.3 Å². The highest BCUT2D eigenvalue weighted by atomic mass is 19.4. The van der Waals surface area contributed by atoms with Crippen LogP contribution in [0, 0.1) is 0 Å². The van der Waals surface area contributed by atoms with Gasteiger partial charge in [-0.25, -0.2) is 4.79 Å². The number of halogens is 6. The number of alkyl halides is 6. The van der Waals surface area contributed by atoms with E-state index >= 15 is 0 Å². The molecule has 156 valence electrons. The number of ether oxygens (including phenoxy) is 1. The van der Waals surface area contributed by atoms with Crippen molar-refractivity contribution in [1.29, 1.82) is 0 Å².